The Labute approximate surface area is 180 Å². The number of imide groups is 1. The van der Waals surface area contributed by atoms with Crippen LogP contribution in [0.4, 0.5) is 10.5 Å². The molecule has 0 atom stereocenters. The van der Waals surface area contributed by atoms with Gasteiger partial charge in [0.05, 0.1) is 17.3 Å². The smallest absolute Gasteiger partial charge is 0.305 e. The molecule has 3 amide bonds. The van der Waals surface area contributed by atoms with Crippen LogP contribution in [0, 0.1) is 11.3 Å². The number of nitrogens with zero attached hydrogens (tertiary/aromatic N) is 3. The van der Waals surface area contributed by atoms with Crippen LogP contribution in [0.2, 0.25) is 0 Å². The SMILES string of the molecule is CC(C)(C)c1cc(N2C(=O)N(Cc3ccccc3Br)C(C)(C)C2=O)ccc1C#N. The Kier molecular flexibility index (Phi) is 5.31. The molecular formula is C23H24BrN3O2. The lowest BCUT2D eigenvalue weighted by molar-refractivity contribution is -0.123. The highest BCUT2D eigenvalue weighted by Gasteiger charge is 2.52. The lowest BCUT2D eigenvalue weighted by Gasteiger charge is -2.28. The summed E-state index contributed by atoms with van der Waals surface area (Å²) in [5.74, 6) is -0.279. The minimum absolute atomic E-state index is 0.279. The van der Waals surface area contributed by atoms with Gasteiger partial charge in [0, 0.05) is 11.0 Å². The van der Waals surface area contributed by atoms with E-state index in [0.717, 1.165) is 15.6 Å². The Morgan fingerprint density at radius 2 is 1.76 bits per heavy atom. The largest absolute Gasteiger partial charge is 0.332 e. The summed E-state index contributed by atoms with van der Waals surface area (Å²) in [4.78, 5) is 29.4. The zero-order valence-electron chi connectivity index (χ0n) is 17.3. The van der Waals surface area contributed by atoms with Crippen molar-refractivity contribution in [3.05, 3.63) is 63.6 Å². The minimum Gasteiger partial charge on any atom is -0.305 e. The molecule has 1 aliphatic rings. The summed E-state index contributed by atoms with van der Waals surface area (Å²) in [6, 6.07) is 14.6. The van der Waals surface area contributed by atoms with Crippen LogP contribution in [0.25, 0.3) is 0 Å². The molecule has 0 saturated carbocycles. The number of carbonyl (C=O) groups is 2. The Morgan fingerprint density at radius 3 is 2.34 bits per heavy atom. The second kappa shape index (κ2) is 7.31. The average Bonchev–Trinajstić information content (AvgIpc) is 2.82. The van der Waals surface area contributed by atoms with Crippen molar-refractivity contribution in [1.82, 2.24) is 4.90 Å². The fraction of sp³-hybridized carbons (Fsp3) is 0.348. The summed E-state index contributed by atoms with van der Waals surface area (Å²) in [6.07, 6.45) is 0. The molecule has 0 N–H and O–H groups in total. The number of urea groups is 1. The maximum Gasteiger partial charge on any atom is 0.332 e. The zero-order chi connectivity index (χ0) is 21.6. The van der Waals surface area contributed by atoms with Gasteiger partial charge in [0.15, 0.2) is 0 Å². The molecule has 3 rings (SSSR count). The second-order valence-corrected chi connectivity index (χ2v) is 9.61. The average molecular weight is 454 g/mol. The van der Waals surface area contributed by atoms with E-state index < -0.39 is 5.54 Å². The van der Waals surface area contributed by atoms with Crippen molar-refractivity contribution in [2.45, 2.75) is 52.1 Å². The molecule has 6 heteroatoms. The van der Waals surface area contributed by atoms with Crippen LogP contribution in [0.15, 0.2) is 46.9 Å². The molecule has 0 aliphatic carbocycles. The van der Waals surface area contributed by atoms with E-state index in [1.807, 2.05) is 45.0 Å². The van der Waals surface area contributed by atoms with E-state index in [4.69, 9.17) is 0 Å². The van der Waals surface area contributed by atoms with E-state index in [0.29, 0.717) is 17.8 Å². The van der Waals surface area contributed by atoms with Gasteiger partial charge in [-0.1, -0.05) is 54.9 Å². The lowest BCUT2D eigenvalue weighted by Crippen LogP contribution is -2.43. The first-order chi connectivity index (χ1) is 13.5. The highest BCUT2D eigenvalue weighted by molar-refractivity contribution is 9.10. The molecule has 0 radical (unpaired) electrons. The van der Waals surface area contributed by atoms with Gasteiger partial charge in [0.1, 0.15) is 5.54 Å². The molecule has 2 aromatic rings. The summed E-state index contributed by atoms with van der Waals surface area (Å²) in [5, 5.41) is 9.45. The van der Waals surface area contributed by atoms with E-state index in [1.54, 1.807) is 36.9 Å². The van der Waals surface area contributed by atoms with Crippen molar-refractivity contribution >= 4 is 33.6 Å². The maximum atomic E-state index is 13.3. The summed E-state index contributed by atoms with van der Waals surface area (Å²) in [5.41, 5.74) is 1.49. The number of hydrogen-bond donors (Lipinski definition) is 0. The van der Waals surface area contributed by atoms with E-state index in [9.17, 15) is 14.9 Å². The van der Waals surface area contributed by atoms with Crippen LogP contribution in [-0.4, -0.2) is 22.4 Å². The van der Waals surface area contributed by atoms with Crippen LogP contribution >= 0.6 is 15.9 Å². The molecule has 1 fully saturated rings. The third-order valence-corrected chi connectivity index (χ3v) is 6.07. The highest BCUT2D eigenvalue weighted by atomic mass is 79.9. The molecule has 2 aromatic carbocycles. The third kappa shape index (κ3) is 3.67. The van der Waals surface area contributed by atoms with Gasteiger partial charge < -0.3 is 4.90 Å². The first kappa shape index (κ1) is 21.1. The van der Waals surface area contributed by atoms with E-state index >= 15 is 0 Å². The number of hydrogen-bond acceptors (Lipinski definition) is 3. The van der Waals surface area contributed by atoms with Gasteiger partial charge in [-0.2, -0.15) is 5.26 Å². The monoisotopic (exact) mass is 453 g/mol. The van der Waals surface area contributed by atoms with Crippen molar-refractivity contribution in [2.75, 3.05) is 4.90 Å². The number of benzene rings is 2. The van der Waals surface area contributed by atoms with Gasteiger partial charge >= 0.3 is 6.03 Å². The zero-order valence-corrected chi connectivity index (χ0v) is 18.9. The summed E-state index contributed by atoms with van der Waals surface area (Å²) >= 11 is 3.52. The number of halogens is 1. The fourth-order valence-electron chi connectivity index (χ4n) is 3.52. The molecule has 0 unspecified atom stereocenters. The molecule has 1 heterocycles. The van der Waals surface area contributed by atoms with Gasteiger partial charge in [-0.3, -0.25) is 4.79 Å². The van der Waals surface area contributed by atoms with Crippen molar-refractivity contribution < 1.29 is 9.59 Å². The Balaban J connectivity index is 2.04. The molecule has 0 aromatic heterocycles. The molecule has 0 spiro atoms. The van der Waals surface area contributed by atoms with Crippen molar-refractivity contribution in [3.8, 4) is 6.07 Å². The number of amides is 3. The van der Waals surface area contributed by atoms with Gasteiger partial charge in [-0.15, -0.1) is 0 Å². The number of anilines is 1. The second-order valence-electron chi connectivity index (χ2n) is 8.75. The standard InChI is InChI=1S/C23H24BrN3O2/c1-22(2,3)18-12-17(11-10-15(18)13-25)27-20(28)23(4,5)26(21(27)29)14-16-8-6-7-9-19(16)24/h6-12H,14H2,1-5H3. The Hall–Kier alpha value is -2.65. The van der Waals surface area contributed by atoms with E-state index in [2.05, 4.69) is 22.0 Å². The van der Waals surface area contributed by atoms with Crippen LogP contribution < -0.4 is 4.90 Å². The Morgan fingerprint density at radius 1 is 1.10 bits per heavy atom. The van der Waals surface area contributed by atoms with Crippen LogP contribution in [-0.2, 0) is 16.8 Å². The maximum absolute atomic E-state index is 13.3. The molecule has 29 heavy (non-hydrogen) atoms. The number of rotatable bonds is 3. The quantitative estimate of drug-likeness (QED) is 0.586. The van der Waals surface area contributed by atoms with Crippen molar-refractivity contribution in [2.24, 2.45) is 0 Å². The molecule has 1 aliphatic heterocycles. The number of carbonyl (C=O) groups excluding carboxylic acids is 2. The molecule has 0 bridgehead atoms. The first-order valence-corrected chi connectivity index (χ1v) is 10.2. The normalized spacial score (nSPS) is 16.3. The van der Waals surface area contributed by atoms with E-state index in [1.165, 1.54) is 4.90 Å². The van der Waals surface area contributed by atoms with Gasteiger partial charge in [0.2, 0.25) is 0 Å². The topological polar surface area (TPSA) is 64.4 Å². The summed E-state index contributed by atoms with van der Waals surface area (Å²) in [6.45, 7) is 9.85. The third-order valence-electron chi connectivity index (χ3n) is 5.30. The summed E-state index contributed by atoms with van der Waals surface area (Å²) < 4.78 is 0.892. The lowest BCUT2D eigenvalue weighted by atomic mass is 9.83. The van der Waals surface area contributed by atoms with Gasteiger partial charge in [-0.05, 0) is 54.7 Å². The minimum atomic E-state index is -0.984. The summed E-state index contributed by atoms with van der Waals surface area (Å²) in [7, 11) is 0. The van der Waals surface area contributed by atoms with Gasteiger partial charge in [0.25, 0.3) is 5.91 Å². The molecule has 5 nitrogen and oxygen atoms in total. The van der Waals surface area contributed by atoms with Crippen LogP contribution in [0.3, 0.4) is 0 Å². The fourth-order valence-corrected chi connectivity index (χ4v) is 3.93. The Bertz CT molecular complexity index is 1030. The first-order valence-electron chi connectivity index (χ1n) is 9.42. The predicted molar refractivity (Wildman–Crippen MR) is 117 cm³/mol. The highest BCUT2D eigenvalue weighted by Crippen LogP contribution is 2.36. The molecule has 150 valence electrons. The van der Waals surface area contributed by atoms with Crippen LogP contribution in [0.5, 0.6) is 0 Å². The van der Waals surface area contributed by atoms with Crippen molar-refractivity contribution in [1.29, 1.82) is 5.26 Å². The predicted octanol–water partition coefficient (Wildman–Crippen LogP) is 5.37. The van der Waals surface area contributed by atoms with Crippen molar-refractivity contribution in [3.63, 3.8) is 0 Å². The van der Waals surface area contributed by atoms with Gasteiger partial charge in [-0.25, -0.2) is 9.69 Å². The molecule has 1 saturated heterocycles. The van der Waals surface area contributed by atoms with E-state index in [-0.39, 0.29) is 17.4 Å². The molecular weight excluding hydrogens is 430 g/mol. The number of nitriles is 1. The van der Waals surface area contributed by atoms with Crippen LogP contribution in [0.1, 0.15) is 51.3 Å².